The Balaban J connectivity index is 2.03. The number of carbonyl (C=O) groups excluding carboxylic acids is 1. The fourth-order valence-electron chi connectivity index (χ4n) is 1.79. The largest absolute Gasteiger partial charge is 0.399 e. The molecule has 0 unspecified atom stereocenters. The van der Waals surface area contributed by atoms with Gasteiger partial charge in [0.25, 0.3) is 0 Å². The lowest BCUT2D eigenvalue weighted by Crippen LogP contribution is -2.08. The minimum Gasteiger partial charge on any atom is -0.399 e. The fraction of sp³-hybridized carbons (Fsp3) is 0.143. The highest BCUT2D eigenvalue weighted by Gasteiger charge is 2.08. The van der Waals surface area contributed by atoms with Crippen molar-refractivity contribution in [3.8, 4) is 0 Å². The summed E-state index contributed by atoms with van der Waals surface area (Å²) in [4.78, 5) is 15.9. The number of benzene rings is 1. The lowest BCUT2D eigenvalue weighted by molar-refractivity contribution is -0.117. The van der Waals surface area contributed by atoms with Gasteiger partial charge < -0.3 is 11.5 Å². The molecule has 0 saturated heterocycles. The smallest absolute Gasteiger partial charge is 0.141 e. The molecule has 0 bridgehead atoms. The Morgan fingerprint density at radius 1 is 1.17 bits per heavy atom. The molecule has 4 heteroatoms. The number of aromatic nitrogens is 1. The highest BCUT2D eigenvalue weighted by Crippen LogP contribution is 2.12. The van der Waals surface area contributed by atoms with E-state index in [2.05, 4.69) is 4.98 Å². The topological polar surface area (TPSA) is 82.0 Å². The summed E-state index contributed by atoms with van der Waals surface area (Å²) < 4.78 is 0. The van der Waals surface area contributed by atoms with E-state index in [1.165, 1.54) is 0 Å². The molecule has 0 amide bonds. The number of Topliss-reactive ketones (excluding diaryl/α,β-unsaturated/α-hetero) is 1. The average Bonchev–Trinajstić information content (AvgIpc) is 2.32. The lowest BCUT2D eigenvalue weighted by atomic mass is 10.0. The molecule has 0 aliphatic heterocycles. The van der Waals surface area contributed by atoms with Gasteiger partial charge in [-0.25, -0.2) is 0 Å². The number of pyridine rings is 1. The number of hydrogen-bond acceptors (Lipinski definition) is 4. The predicted octanol–water partition coefficient (Wildman–Crippen LogP) is 1.60. The molecular weight excluding hydrogens is 226 g/mol. The number of nitrogens with two attached hydrogens (primary N) is 2. The number of nitrogens with zero attached hydrogens (tertiary/aromatic N) is 1. The average molecular weight is 241 g/mol. The van der Waals surface area contributed by atoms with Crippen molar-refractivity contribution in [1.29, 1.82) is 0 Å². The zero-order valence-corrected chi connectivity index (χ0v) is 9.97. The molecule has 2 rings (SSSR count). The molecule has 1 aromatic heterocycles. The number of anilines is 2. The van der Waals surface area contributed by atoms with E-state index >= 15 is 0 Å². The third-order valence-electron chi connectivity index (χ3n) is 2.68. The van der Waals surface area contributed by atoms with E-state index < -0.39 is 0 Å². The molecule has 92 valence electrons. The maximum Gasteiger partial charge on any atom is 0.141 e. The summed E-state index contributed by atoms with van der Waals surface area (Å²) >= 11 is 0. The van der Waals surface area contributed by atoms with Crippen molar-refractivity contribution in [2.24, 2.45) is 0 Å². The van der Waals surface area contributed by atoms with Crippen LogP contribution in [-0.2, 0) is 17.6 Å². The summed E-state index contributed by atoms with van der Waals surface area (Å²) in [5.41, 5.74) is 14.4. The van der Waals surface area contributed by atoms with Gasteiger partial charge in [0.05, 0.1) is 0 Å². The van der Waals surface area contributed by atoms with Crippen LogP contribution >= 0.6 is 0 Å². The molecule has 0 saturated carbocycles. The first-order valence-electron chi connectivity index (χ1n) is 5.69. The maximum absolute atomic E-state index is 11.9. The summed E-state index contributed by atoms with van der Waals surface area (Å²) in [6, 6.07) is 9.04. The Morgan fingerprint density at radius 2 is 2.00 bits per heavy atom. The molecule has 2 aromatic rings. The van der Waals surface area contributed by atoms with Crippen LogP contribution in [0.3, 0.4) is 0 Å². The molecule has 0 radical (unpaired) electrons. The Kier molecular flexibility index (Phi) is 3.57. The van der Waals surface area contributed by atoms with Crippen LogP contribution in [0.4, 0.5) is 11.4 Å². The van der Waals surface area contributed by atoms with E-state index in [-0.39, 0.29) is 5.78 Å². The zero-order chi connectivity index (χ0) is 13.0. The monoisotopic (exact) mass is 241 g/mol. The third kappa shape index (κ3) is 3.07. The van der Waals surface area contributed by atoms with Crippen molar-refractivity contribution in [1.82, 2.24) is 4.98 Å². The molecule has 0 atom stereocenters. The van der Waals surface area contributed by atoms with Crippen LogP contribution in [0.1, 0.15) is 11.1 Å². The first-order chi connectivity index (χ1) is 8.65. The Hall–Kier alpha value is -2.36. The molecule has 0 aliphatic carbocycles. The van der Waals surface area contributed by atoms with Crippen molar-refractivity contribution in [3.63, 3.8) is 0 Å². The zero-order valence-electron chi connectivity index (χ0n) is 9.97. The van der Waals surface area contributed by atoms with E-state index in [4.69, 9.17) is 11.5 Å². The third-order valence-corrected chi connectivity index (χ3v) is 2.68. The molecule has 1 heterocycles. The summed E-state index contributed by atoms with van der Waals surface area (Å²) in [5, 5.41) is 0. The number of hydrogen-bond donors (Lipinski definition) is 2. The van der Waals surface area contributed by atoms with Crippen LogP contribution in [0, 0.1) is 0 Å². The van der Waals surface area contributed by atoms with Crippen molar-refractivity contribution in [2.75, 3.05) is 11.5 Å². The SMILES string of the molecule is Nc1cccc(CC(=O)Cc2cnccc2N)c1. The molecule has 1 aromatic carbocycles. The minimum atomic E-state index is 0.0975. The van der Waals surface area contributed by atoms with E-state index in [9.17, 15) is 4.79 Å². The van der Waals surface area contributed by atoms with Gasteiger partial charge in [0.15, 0.2) is 0 Å². The van der Waals surface area contributed by atoms with Gasteiger partial charge in [0.1, 0.15) is 5.78 Å². The van der Waals surface area contributed by atoms with Gasteiger partial charge in [-0.15, -0.1) is 0 Å². The van der Waals surface area contributed by atoms with Crippen molar-refractivity contribution >= 4 is 17.2 Å². The lowest BCUT2D eigenvalue weighted by Gasteiger charge is -2.05. The van der Waals surface area contributed by atoms with Crippen LogP contribution in [0.25, 0.3) is 0 Å². The summed E-state index contributed by atoms with van der Waals surface area (Å²) in [6.07, 6.45) is 3.90. The standard InChI is InChI=1S/C14H15N3O/c15-12-3-1-2-10(6-12)7-13(18)8-11-9-17-5-4-14(11)16/h1-6,9H,7-8,15H2,(H2,16,17). The van der Waals surface area contributed by atoms with Gasteiger partial charge >= 0.3 is 0 Å². The number of rotatable bonds is 4. The fourth-order valence-corrected chi connectivity index (χ4v) is 1.79. The van der Waals surface area contributed by atoms with Crippen LogP contribution in [-0.4, -0.2) is 10.8 Å². The highest BCUT2D eigenvalue weighted by molar-refractivity contribution is 5.84. The summed E-state index contributed by atoms with van der Waals surface area (Å²) in [5.74, 6) is 0.0975. The quantitative estimate of drug-likeness (QED) is 0.796. The Bertz CT molecular complexity index is 566. The molecule has 18 heavy (non-hydrogen) atoms. The predicted molar refractivity (Wildman–Crippen MR) is 71.9 cm³/mol. The molecule has 0 aliphatic rings. The molecular formula is C14H15N3O. The Morgan fingerprint density at radius 3 is 2.72 bits per heavy atom. The maximum atomic E-state index is 11.9. The highest BCUT2D eigenvalue weighted by atomic mass is 16.1. The first-order valence-corrected chi connectivity index (χ1v) is 5.69. The van der Waals surface area contributed by atoms with Gasteiger partial charge in [0.2, 0.25) is 0 Å². The second-order valence-corrected chi connectivity index (χ2v) is 4.21. The number of nitrogen functional groups attached to an aromatic ring is 2. The summed E-state index contributed by atoms with van der Waals surface area (Å²) in [7, 11) is 0. The van der Waals surface area contributed by atoms with Crippen molar-refractivity contribution in [3.05, 3.63) is 53.9 Å². The molecule has 4 nitrogen and oxygen atoms in total. The van der Waals surface area contributed by atoms with Crippen LogP contribution in [0.2, 0.25) is 0 Å². The number of carbonyl (C=O) groups is 1. The van der Waals surface area contributed by atoms with Crippen molar-refractivity contribution in [2.45, 2.75) is 12.8 Å². The molecule has 0 fully saturated rings. The van der Waals surface area contributed by atoms with Crippen molar-refractivity contribution < 1.29 is 4.79 Å². The van der Waals surface area contributed by atoms with Crippen LogP contribution in [0.15, 0.2) is 42.7 Å². The van der Waals surface area contributed by atoms with E-state index in [0.717, 1.165) is 11.1 Å². The molecule has 0 spiro atoms. The summed E-state index contributed by atoms with van der Waals surface area (Å²) in [6.45, 7) is 0. The van der Waals surface area contributed by atoms with Gasteiger partial charge in [-0.05, 0) is 23.8 Å². The Labute approximate surface area is 106 Å². The van der Waals surface area contributed by atoms with Gasteiger partial charge in [-0.2, -0.15) is 0 Å². The second-order valence-electron chi connectivity index (χ2n) is 4.21. The van der Waals surface area contributed by atoms with Gasteiger partial charge in [0, 0.05) is 42.2 Å². The first kappa shape index (κ1) is 12.1. The normalized spacial score (nSPS) is 10.2. The van der Waals surface area contributed by atoms with Crippen LogP contribution < -0.4 is 11.5 Å². The van der Waals surface area contributed by atoms with E-state index in [0.29, 0.717) is 24.2 Å². The van der Waals surface area contributed by atoms with Crippen LogP contribution in [0.5, 0.6) is 0 Å². The molecule has 4 N–H and O–H groups in total. The van der Waals surface area contributed by atoms with Gasteiger partial charge in [-0.1, -0.05) is 12.1 Å². The van der Waals surface area contributed by atoms with E-state index in [1.54, 1.807) is 24.5 Å². The number of ketones is 1. The minimum absolute atomic E-state index is 0.0975. The van der Waals surface area contributed by atoms with E-state index in [1.807, 2.05) is 18.2 Å². The second kappa shape index (κ2) is 5.31. The van der Waals surface area contributed by atoms with Gasteiger partial charge in [-0.3, -0.25) is 9.78 Å².